The van der Waals surface area contributed by atoms with Crippen LogP contribution < -0.4 is 16.0 Å². The monoisotopic (exact) mass is 625 g/mol. The first-order chi connectivity index (χ1) is 22.0. The molecule has 1 saturated heterocycles. The quantitative estimate of drug-likeness (QED) is 0.348. The highest BCUT2D eigenvalue weighted by Gasteiger charge is 2.37. The van der Waals surface area contributed by atoms with Crippen molar-refractivity contribution in [2.75, 3.05) is 43.4 Å². The molecule has 0 spiro atoms. The number of nitrogens with two attached hydrogens (primary N) is 1. The van der Waals surface area contributed by atoms with E-state index in [9.17, 15) is 9.59 Å². The van der Waals surface area contributed by atoms with Crippen molar-refractivity contribution in [2.24, 2.45) is 18.7 Å². The molecule has 46 heavy (non-hydrogen) atoms. The van der Waals surface area contributed by atoms with Gasteiger partial charge in [0.1, 0.15) is 5.69 Å². The van der Waals surface area contributed by atoms with Crippen molar-refractivity contribution in [3.05, 3.63) is 65.5 Å². The standard InChI is InChI=1S/C37H51N7O2/c1-37(2,3)34-23-33(42(5)40-34)35(45)39-31-22-28(11-16-32(31)43-19-17-41(4)18-20-43)27-8-6-7-25(21-27)24-44(36(46)26-9-10-26)30-14-12-29(38)13-15-30/h6-8,11,16,21-23,26,29-30H,9-10,12-15,17-20,24,38H2,1-5H3,(H,39,45). The summed E-state index contributed by atoms with van der Waals surface area (Å²) < 4.78 is 1.67. The zero-order valence-electron chi connectivity index (χ0n) is 28.3. The molecule has 2 aliphatic carbocycles. The number of hydrogen-bond donors (Lipinski definition) is 2. The fraction of sp³-hybridized carbons (Fsp3) is 0.541. The number of amides is 2. The van der Waals surface area contributed by atoms with Crippen LogP contribution in [0.25, 0.3) is 11.1 Å². The van der Waals surface area contributed by atoms with Crippen LogP contribution in [0.2, 0.25) is 0 Å². The molecule has 0 radical (unpaired) electrons. The number of benzene rings is 2. The number of carbonyl (C=O) groups is 2. The van der Waals surface area contributed by atoms with Gasteiger partial charge in [0, 0.05) is 63.2 Å². The number of hydrogen-bond acceptors (Lipinski definition) is 6. The normalized spacial score (nSPS) is 20.9. The predicted octanol–water partition coefficient (Wildman–Crippen LogP) is 5.40. The van der Waals surface area contributed by atoms with E-state index in [1.807, 2.05) is 13.1 Å². The van der Waals surface area contributed by atoms with Crippen molar-refractivity contribution in [3.63, 3.8) is 0 Å². The highest BCUT2D eigenvalue weighted by molar-refractivity contribution is 6.05. The Bertz CT molecular complexity index is 1550. The van der Waals surface area contributed by atoms with E-state index in [1.54, 1.807) is 4.68 Å². The minimum absolute atomic E-state index is 0.158. The van der Waals surface area contributed by atoms with Gasteiger partial charge in [-0.2, -0.15) is 5.10 Å². The Morgan fingerprint density at radius 1 is 0.913 bits per heavy atom. The van der Waals surface area contributed by atoms with E-state index in [4.69, 9.17) is 5.73 Å². The van der Waals surface area contributed by atoms with E-state index in [2.05, 4.69) is 95.4 Å². The lowest BCUT2D eigenvalue weighted by Gasteiger charge is -2.36. The van der Waals surface area contributed by atoms with Crippen LogP contribution in [0.1, 0.15) is 81.0 Å². The average molecular weight is 626 g/mol. The largest absolute Gasteiger partial charge is 0.367 e. The van der Waals surface area contributed by atoms with Crippen molar-refractivity contribution in [3.8, 4) is 11.1 Å². The SMILES string of the molecule is CN1CCN(c2ccc(-c3cccc(CN(C(=O)C4CC4)C4CCC(N)CC4)c3)cc2NC(=O)c2cc(C(C)(C)C)nn2C)CC1. The maximum absolute atomic E-state index is 13.7. The van der Waals surface area contributed by atoms with Crippen LogP contribution in [-0.4, -0.2) is 76.7 Å². The predicted molar refractivity (Wildman–Crippen MR) is 185 cm³/mol. The summed E-state index contributed by atoms with van der Waals surface area (Å²) in [5.74, 6) is 0.316. The van der Waals surface area contributed by atoms with Crippen molar-refractivity contribution in [1.82, 2.24) is 19.6 Å². The topological polar surface area (TPSA) is 99.7 Å². The summed E-state index contributed by atoms with van der Waals surface area (Å²) in [5, 5.41) is 7.89. The van der Waals surface area contributed by atoms with Crippen molar-refractivity contribution in [2.45, 2.75) is 83.3 Å². The summed E-state index contributed by atoms with van der Waals surface area (Å²) in [5.41, 5.74) is 12.5. The van der Waals surface area contributed by atoms with Gasteiger partial charge in [-0.05, 0) is 86.5 Å². The lowest BCUT2D eigenvalue weighted by molar-refractivity contribution is -0.136. The van der Waals surface area contributed by atoms with Gasteiger partial charge in [0.2, 0.25) is 5.91 Å². The van der Waals surface area contributed by atoms with E-state index in [1.165, 1.54) is 0 Å². The van der Waals surface area contributed by atoms with Crippen LogP contribution in [0, 0.1) is 5.92 Å². The molecule has 0 atom stereocenters. The van der Waals surface area contributed by atoms with Crippen LogP contribution in [0.4, 0.5) is 11.4 Å². The Balaban J connectivity index is 1.29. The van der Waals surface area contributed by atoms with Crippen LogP contribution in [0.5, 0.6) is 0 Å². The number of nitrogens with one attached hydrogen (secondary N) is 1. The molecule has 1 aromatic heterocycles. The molecule has 9 heteroatoms. The van der Waals surface area contributed by atoms with Gasteiger partial charge in [0.25, 0.3) is 5.91 Å². The molecule has 1 aliphatic heterocycles. The first-order valence-corrected chi connectivity index (χ1v) is 17.0. The molecule has 0 unspecified atom stereocenters. The molecule has 3 aromatic rings. The van der Waals surface area contributed by atoms with Gasteiger partial charge in [0.05, 0.1) is 17.1 Å². The molecule has 3 N–H and O–H groups in total. The van der Waals surface area contributed by atoms with Gasteiger partial charge in [-0.25, -0.2) is 0 Å². The Morgan fingerprint density at radius 3 is 2.26 bits per heavy atom. The molecular formula is C37H51N7O2. The summed E-state index contributed by atoms with van der Waals surface area (Å²) in [6, 6.07) is 17.3. The summed E-state index contributed by atoms with van der Waals surface area (Å²) in [6.45, 7) is 10.6. The van der Waals surface area contributed by atoms with Gasteiger partial charge in [-0.3, -0.25) is 14.3 Å². The molecular weight excluding hydrogens is 574 g/mol. The van der Waals surface area contributed by atoms with Gasteiger partial charge < -0.3 is 25.8 Å². The lowest BCUT2D eigenvalue weighted by atomic mass is 9.90. The van der Waals surface area contributed by atoms with Crippen LogP contribution >= 0.6 is 0 Å². The fourth-order valence-corrected chi connectivity index (χ4v) is 6.78. The molecule has 3 fully saturated rings. The fourth-order valence-electron chi connectivity index (χ4n) is 6.78. The summed E-state index contributed by atoms with van der Waals surface area (Å²) in [6.07, 6.45) is 5.92. The number of likely N-dealkylation sites (N-methyl/N-ethyl adjacent to an activating group) is 1. The summed E-state index contributed by atoms with van der Waals surface area (Å²) >= 11 is 0. The van der Waals surface area contributed by atoms with Crippen molar-refractivity contribution < 1.29 is 9.59 Å². The maximum Gasteiger partial charge on any atom is 0.273 e. The number of anilines is 2. The van der Waals surface area contributed by atoms with Gasteiger partial charge >= 0.3 is 0 Å². The van der Waals surface area contributed by atoms with Crippen LogP contribution in [0.15, 0.2) is 48.5 Å². The summed E-state index contributed by atoms with van der Waals surface area (Å²) in [4.78, 5) is 34.0. The van der Waals surface area contributed by atoms with E-state index in [0.29, 0.717) is 18.1 Å². The number of nitrogens with zero attached hydrogens (tertiary/aromatic N) is 5. The number of aromatic nitrogens is 2. The Hall–Kier alpha value is -3.69. The van der Waals surface area contributed by atoms with Gasteiger partial charge in [0.15, 0.2) is 0 Å². The van der Waals surface area contributed by atoms with E-state index in [-0.39, 0.29) is 29.3 Å². The second-order valence-corrected chi connectivity index (χ2v) is 14.8. The number of carbonyl (C=O) groups excluding carboxylic acids is 2. The molecule has 9 nitrogen and oxygen atoms in total. The third-order valence-electron chi connectivity index (χ3n) is 9.97. The number of piperazine rings is 1. The smallest absolute Gasteiger partial charge is 0.273 e. The second-order valence-electron chi connectivity index (χ2n) is 14.8. The maximum atomic E-state index is 13.7. The van der Waals surface area contributed by atoms with E-state index in [0.717, 1.165) is 98.5 Å². The molecule has 3 aliphatic rings. The van der Waals surface area contributed by atoms with E-state index >= 15 is 0 Å². The first-order valence-electron chi connectivity index (χ1n) is 17.0. The average Bonchev–Trinajstić information content (AvgIpc) is 3.80. The van der Waals surface area contributed by atoms with Crippen molar-refractivity contribution >= 4 is 23.2 Å². The highest BCUT2D eigenvalue weighted by Crippen LogP contribution is 2.36. The van der Waals surface area contributed by atoms with Gasteiger partial charge in [-0.15, -0.1) is 0 Å². The molecule has 0 bridgehead atoms. The first kappa shape index (κ1) is 32.3. The summed E-state index contributed by atoms with van der Waals surface area (Å²) in [7, 11) is 3.97. The van der Waals surface area contributed by atoms with E-state index < -0.39 is 0 Å². The molecule has 2 saturated carbocycles. The minimum Gasteiger partial charge on any atom is -0.367 e. The Labute approximate surface area is 274 Å². The van der Waals surface area contributed by atoms with Crippen molar-refractivity contribution in [1.29, 1.82) is 0 Å². The Kier molecular flexibility index (Phi) is 9.26. The molecule has 6 rings (SSSR count). The minimum atomic E-state index is -0.173. The number of rotatable bonds is 8. The molecule has 2 aromatic carbocycles. The zero-order valence-corrected chi connectivity index (χ0v) is 28.3. The second kappa shape index (κ2) is 13.2. The number of aryl methyl sites for hydroxylation is 1. The van der Waals surface area contributed by atoms with Crippen LogP contribution in [0.3, 0.4) is 0 Å². The highest BCUT2D eigenvalue weighted by atomic mass is 16.2. The zero-order chi connectivity index (χ0) is 32.6. The molecule has 246 valence electrons. The Morgan fingerprint density at radius 2 is 1.61 bits per heavy atom. The lowest BCUT2D eigenvalue weighted by Crippen LogP contribution is -2.44. The molecule has 2 heterocycles. The third kappa shape index (κ3) is 7.31. The van der Waals surface area contributed by atoms with Crippen LogP contribution in [-0.2, 0) is 23.8 Å². The third-order valence-corrected chi connectivity index (χ3v) is 9.97. The van der Waals surface area contributed by atoms with Gasteiger partial charge in [-0.1, -0.05) is 45.0 Å². The molecule has 2 amide bonds.